The first-order valence-electron chi connectivity index (χ1n) is 6.41. The van der Waals surface area contributed by atoms with Gasteiger partial charge in [0.1, 0.15) is 0 Å². The predicted octanol–water partition coefficient (Wildman–Crippen LogP) is 0.244. The summed E-state index contributed by atoms with van der Waals surface area (Å²) in [4.78, 5) is 11.9. The first-order chi connectivity index (χ1) is 7.70. The van der Waals surface area contributed by atoms with Crippen LogP contribution in [-0.2, 0) is 4.79 Å². The van der Waals surface area contributed by atoms with Crippen LogP contribution in [0, 0.1) is 5.41 Å². The molecule has 1 unspecified atom stereocenters. The van der Waals surface area contributed by atoms with Gasteiger partial charge in [-0.05, 0) is 18.3 Å². The highest BCUT2D eigenvalue weighted by Gasteiger charge is 2.30. The molecule has 0 aromatic carbocycles. The van der Waals surface area contributed by atoms with Crippen molar-refractivity contribution in [3.63, 3.8) is 0 Å². The van der Waals surface area contributed by atoms with Gasteiger partial charge in [0.2, 0.25) is 5.91 Å². The topological polar surface area (TPSA) is 53.2 Å². The van der Waals surface area contributed by atoms with Crippen molar-refractivity contribution in [2.24, 2.45) is 5.41 Å². The fourth-order valence-corrected chi connectivity index (χ4v) is 2.67. The van der Waals surface area contributed by atoms with Crippen LogP contribution < -0.4 is 16.0 Å². The molecule has 2 fully saturated rings. The molecular formula is C12H23N3O. The van der Waals surface area contributed by atoms with Crippen molar-refractivity contribution >= 4 is 5.91 Å². The highest BCUT2D eigenvalue weighted by Crippen LogP contribution is 2.36. The average molecular weight is 225 g/mol. The largest absolute Gasteiger partial charge is 0.354 e. The van der Waals surface area contributed by atoms with Gasteiger partial charge in [0.25, 0.3) is 0 Å². The first-order valence-corrected chi connectivity index (χ1v) is 6.41. The Kier molecular flexibility index (Phi) is 3.82. The number of hydrogen-bond acceptors (Lipinski definition) is 3. The number of nitrogens with one attached hydrogen (secondary N) is 3. The zero-order valence-electron chi connectivity index (χ0n) is 10.1. The molecular weight excluding hydrogens is 202 g/mol. The third kappa shape index (κ3) is 2.95. The van der Waals surface area contributed by atoms with Gasteiger partial charge in [-0.15, -0.1) is 0 Å². The summed E-state index contributed by atoms with van der Waals surface area (Å²) in [6.45, 7) is 5.72. The van der Waals surface area contributed by atoms with Crippen LogP contribution in [0.2, 0.25) is 0 Å². The van der Waals surface area contributed by atoms with E-state index in [2.05, 4.69) is 22.9 Å². The van der Waals surface area contributed by atoms with Crippen LogP contribution in [0.3, 0.4) is 0 Å². The number of piperazine rings is 1. The quantitative estimate of drug-likeness (QED) is 0.645. The Balaban J connectivity index is 1.74. The molecule has 0 radical (unpaired) electrons. The molecule has 0 bridgehead atoms. The van der Waals surface area contributed by atoms with Crippen molar-refractivity contribution in [2.75, 3.05) is 26.2 Å². The molecule has 1 saturated heterocycles. The minimum Gasteiger partial charge on any atom is -0.354 e. The van der Waals surface area contributed by atoms with Crippen molar-refractivity contribution in [3.05, 3.63) is 0 Å². The molecule has 3 N–H and O–H groups in total. The van der Waals surface area contributed by atoms with Crippen LogP contribution in [0.4, 0.5) is 0 Å². The minimum atomic E-state index is -0.0428. The van der Waals surface area contributed by atoms with Crippen LogP contribution >= 0.6 is 0 Å². The number of amides is 1. The minimum absolute atomic E-state index is 0.0428. The van der Waals surface area contributed by atoms with E-state index in [4.69, 9.17) is 0 Å². The summed E-state index contributed by atoms with van der Waals surface area (Å²) in [6, 6.07) is -0.0428. The number of carbonyl (C=O) groups is 1. The molecule has 1 heterocycles. The van der Waals surface area contributed by atoms with Crippen LogP contribution in [0.25, 0.3) is 0 Å². The van der Waals surface area contributed by atoms with Gasteiger partial charge in [-0.25, -0.2) is 0 Å². The average Bonchev–Trinajstić information content (AvgIpc) is 2.75. The van der Waals surface area contributed by atoms with Gasteiger partial charge in [-0.1, -0.05) is 19.8 Å². The van der Waals surface area contributed by atoms with Gasteiger partial charge >= 0.3 is 0 Å². The van der Waals surface area contributed by atoms with Gasteiger partial charge in [-0.3, -0.25) is 4.79 Å². The van der Waals surface area contributed by atoms with E-state index in [0.29, 0.717) is 5.41 Å². The van der Waals surface area contributed by atoms with Crippen LogP contribution in [0.1, 0.15) is 32.6 Å². The predicted molar refractivity (Wildman–Crippen MR) is 64.2 cm³/mol. The summed E-state index contributed by atoms with van der Waals surface area (Å²) < 4.78 is 0. The smallest absolute Gasteiger partial charge is 0.238 e. The van der Waals surface area contributed by atoms with E-state index >= 15 is 0 Å². The summed E-state index contributed by atoms with van der Waals surface area (Å²) in [5.41, 5.74) is 0.345. The highest BCUT2D eigenvalue weighted by molar-refractivity contribution is 5.82. The summed E-state index contributed by atoms with van der Waals surface area (Å²) >= 11 is 0. The molecule has 4 heteroatoms. The molecule has 16 heavy (non-hydrogen) atoms. The lowest BCUT2D eigenvalue weighted by atomic mass is 9.89. The standard InChI is InChI=1S/C12H23N3O/c1-12(4-2-3-5-12)9-15-11(16)10-8-13-6-7-14-10/h10,13-14H,2-9H2,1H3,(H,15,16). The first kappa shape index (κ1) is 11.9. The molecule has 1 aliphatic carbocycles. The van der Waals surface area contributed by atoms with E-state index < -0.39 is 0 Å². The second kappa shape index (κ2) is 5.15. The molecule has 1 amide bonds. The second-order valence-corrected chi connectivity index (χ2v) is 5.45. The fraction of sp³-hybridized carbons (Fsp3) is 0.917. The van der Waals surface area contributed by atoms with E-state index in [-0.39, 0.29) is 11.9 Å². The Morgan fingerprint density at radius 1 is 1.38 bits per heavy atom. The number of carbonyl (C=O) groups excluding carboxylic acids is 1. The molecule has 1 saturated carbocycles. The Labute approximate surface area is 97.6 Å². The Bertz CT molecular complexity index is 243. The Hall–Kier alpha value is -0.610. The van der Waals surface area contributed by atoms with E-state index in [1.165, 1.54) is 25.7 Å². The van der Waals surface area contributed by atoms with Crippen molar-refractivity contribution in [3.8, 4) is 0 Å². The zero-order chi connectivity index (χ0) is 11.4. The molecule has 4 nitrogen and oxygen atoms in total. The van der Waals surface area contributed by atoms with E-state index in [9.17, 15) is 4.79 Å². The maximum atomic E-state index is 11.9. The van der Waals surface area contributed by atoms with Gasteiger partial charge < -0.3 is 16.0 Å². The highest BCUT2D eigenvalue weighted by atomic mass is 16.2. The van der Waals surface area contributed by atoms with E-state index in [1.54, 1.807) is 0 Å². The third-order valence-corrected chi connectivity index (χ3v) is 3.86. The monoisotopic (exact) mass is 225 g/mol. The summed E-state index contributed by atoms with van der Waals surface area (Å²) in [5, 5.41) is 9.56. The maximum absolute atomic E-state index is 11.9. The Morgan fingerprint density at radius 3 is 2.75 bits per heavy atom. The SMILES string of the molecule is CC1(CNC(=O)C2CNCCN2)CCCC1. The maximum Gasteiger partial charge on any atom is 0.238 e. The number of rotatable bonds is 3. The van der Waals surface area contributed by atoms with Gasteiger partial charge in [0.15, 0.2) is 0 Å². The van der Waals surface area contributed by atoms with Crippen LogP contribution in [-0.4, -0.2) is 38.1 Å². The molecule has 1 aliphatic heterocycles. The van der Waals surface area contributed by atoms with Crippen molar-refractivity contribution in [2.45, 2.75) is 38.6 Å². The van der Waals surface area contributed by atoms with Crippen LogP contribution in [0.15, 0.2) is 0 Å². The Morgan fingerprint density at radius 2 is 2.12 bits per heavy atom. The lowest BCUT2D eigenvalue weighted by molar-refractivity contribution is -0.123. The van der Waals surface area contributed by atoms with Crippen molar-refractivity contribution in [1.29, 1.82) is 0 Å². The lowest BCUT2D eigenvalue weighted by Gasteiger charge is -2.27. The van der Waals surface area contributed by atoms with Crippen LogP contribution in [0.5, 0.6) is 0 Å². The van der Waals surface area contributed by atoms with Crippen molar-refractivity contribution in [1.82, 2.24) is 16.0 Å². The molecule has 1 atom stereocenters. The zero-order valence-corrected chi connectivity index (χ0v) is 10.1. The van der Waals surface area contributed by atoms with Gasteiger partial charge in [0, 0.05) is 26.2 Å². The summed E-state index contributed by atoms with van der Waals surface area (Å²) in [6.07, 6.45) is 5.14. The second-order valence-electron chi connectivity index (χ2n) is 5.45. The third-order valence-electron chi connectivity index (χ3n) is 3.86. The normalized spacial score (nSPS) is 28.9. The van der Waals surface area contributed by atoms with Gasteiger partial charge in [0.05, 0.1) is 6.04 Å². The molecule has 2 aliphatic rings. The molecule has 0 aromatic rings. The molecule has 2 rings (SSSR count). The molecule has 0 aromatic heterocycles. The van der Waals surface area contributed by atoms with Crippen molar-refractivity contribution < 1.29 is 4.79 Å². The summed E-state index contributed by atoms with van der Waals surface area (Å²) in [5.74, 6) is 0.153. The molecule has 0 spiro atoms. The van der Waals surface area contributed by atoms with E-state index in [0.717, 1.165) is 26.2 Å². The van der Waals surface area contributed by atoms with Gasteiger partial charge in [-0.2, -0.15) is 0 Å². The van der Waals surface area contributed by atoms with E-state index in [1.807, 2.05) is 0 Å². The fourth-order valence-electron chi connectivity index (χ4n) is 2.67. The summed E-state index contributed by atoms with van der Waals surface area (Å²) in [7, 11) is 0. The molecule has 92 valence electrons. The number of hydrogen-bond donors (Lipinski definition) is 3. The lowest BCUT2D eigenvalue weighted by Crippen LogP contribution is -2.56.